The van der Waals surface area contributed by atoms with Gasteiger partial charge in [0.25, 0.3) is 0 Å². The molecule has 0 saturated heterocycles. The lowest BCUT2D eigenvalue weighted by molar-refractivity contribution is -0.145. The molecule has 1 aliphatic rings. The lowest BCUT2D eigenvalue weighted by Gasteiger charge is -2.38. The fraction of sp³-hybridized carbons (Fsp3) is 0.176. The normalized spacial score (nSPS) is 14.2. The Morgan fingerprint density at radius 3 is 1.77 bits per heavy atom. The van der Waals surface area contributed by atoms with Crippen molar-refractivity contribution in [1.29, 1.82) is 0 Å². The number of hydrogen-bond donors (Lipinski definition) is 7. The summed E-state index contributed by atoms with van der Waals surface area (Å²) in [6, 6.07) is 30.7. The Bertz CT molecular complexity index is 1640. The molecule has 0 aliphatic carbocycles. The van der Waals surface area contributed by atoms with E-state index in [1.807, 2.05) is 104 Å². The lowest BCUT2D eigenvalue weighted by atomic mass is 9.99. The number of nitrogens with two attached hydrogens (primary N) is 4. The fourth-order valence-corrected chi connectivity index (χ4v) is 4.61. The maximum Gasteiger partial charge on any atom is 0.306 e. The Kier molecular flexibility index (Phi) is 11.8. The number of aldehydes is 1. The summed E-state index contributed by atoms with van der Waals surface area (Å²) in [5.41, 5.74) is 27.3. The van der Waals surface area contributed by atoms with E-state index in [0.717, 1.165) is 62.8 Å². The summed E-state index contributed by atoms with van der Waals surface area (Å²) in [5, 5.41) is 17.8. The van der Waals surface area contributed by atoms with Crippen LogP contribution in [0.2, 0.25) is 0 Å². The van der Waals surface area contributed by atoms with E-state index in [-0.39, 0.29) is 25.4 Å². The van der Waals surface area contributed by atoms with Crippen LogP contribution >= 0.6 is 0 Å². The molecule has 0 bridgehead atoms. The number of benzene rings is 5. The van der Waals surface area contributed by atoms with Gasteiger partial charge in [0, 0.05) is 69.2 Å². The summed E-state index contributed by atoms with van der Waals surface area (Å²) in [6.45, 7) is 2.06. The molecule has 10 nitrogen and oxygen atoms in total. The molecule has 11 N–H and O–H groups in total. The third kappa shape index (κ3) is 8.52. The van der Waals surface area contributed by atoms with E-state index < -0.39 is 5.66 Å². The summed E-state index contributed by atoms with van der Waals surface area (Å²) in [7, 11) is 1.00. The van der Waals surface area contributed by atoms with E-state index >= 15 is 0 Å². The van der Waals surface area contributed by atoms with Crippen LogP contribution in [0.5, 0.6) is 0 Å². The van der Waals surface area contributed by atoms with Crippen molar-refractivity contribution in [2.75, 3.05) is 47.3 Å². The Balaban J connectivity index is 0.000000208. The zero-order valence-corrected chi connectivity index (χ0v) is 24.9. The second-order valence-electron chi connectivity index (χ2n) is 10.1. The standard InChI is InChI=1S/C17H19N3O3.C10H10N2.C6H7N.CH4O/c1-17(10-23-15(22)6-3-9-21)19-13-5-2-4-11-12(18)7-8-14(20-17)16(11)13;11-9-5-6-10(12)8-4-2-1-3-7(8)9;7-6-4-2-1-3-5-6;1-2/h2,4-5,7-9,19-20H,3,6,10,18H2,1H3;1-6H,11-12H2;1-5H,7H2;2H,1H3. The average Bonchev–Trinajstić information content (AvgIpc) is 3.04. The third-order valence-electron chi connectivity index (χ3n) is 6.67. The molecule has 0 radical (unpaired) electrons. The van der Waals surface area contributed by atoms with Gasteiger partial charge in [-0.1, -0.05) is 54.6 Å². The number of ether oxygens (including phenoxy) is 1. The number of aliphatic hydroxyl groups excluding tert-OH is 1. The highest BCUT2D eigenvalue weighted by molar-refractivity contribution is 6.10. The quantitative estimate of drug-likeness (QED) is 0.0787. The summed E-state index contributed by atoms with van der Waals surface area (Å²) in [4.78, 5) is 21.9. The predicted molar refractivity (Wildman–Crippen MR) is 182 cm³/mol. The third-order valence-corrected chi connectivity index (χ3v) is 6.67. The van der Waals surface area contributed by atoms with Crippen molar-refractivity contribution < 1.29 is 19.4 Å². The van der Waals surface area contributed by atoms with E-state index in [2.05, 4.69) is 10.6 Å². The number of anilines is 6. The molecule has 0 saturated carbocycles. The number of nitrogens with one attached hydrogen (secondary N) is 2. The van der Waals surface area contributed by atoms with Crippen molar-refractivity contribution in [2.24, 2.45) is 0 Å². The lowest BCUT2D eigenvalue weighted by Crippen LogP contribution is -2.49. The van der Waals surface area contributed by atoms with Crippen LogP contribution in [-0.2, 0) is 14.3 Å². The number of aliphatic hydroxyl groups is 1. The van der Waals surface area contributed by atoms with Crippen LogP contribution in [0.3, 0.4) is 0 Å². The summed E-state index contributed by atoms with van der Waals surface area (Å²) >= 11 is 0. The van der Waals surface area contributed by atoms with E-state index in [4.69, 9.17) is 32.8 Å². The number of hydrogen-bond acceptors (Lipinski definition) is 10. The molecular formula is C34H40N6O4. The number of carbonyl (C=O) groups is 2. The Labute approximate surface area is 257 Å². The van der Waals surface area contributed by atoms with Gasteiger partial charge in [-0.15, -0.1) is 0 Å². The minimum absolute atomic E-state index is 0.0995. The van der Waals surface area contributed by atoms with Crippen molar-refractivity contribution in [3.05, 3.63) is 97.1 Å². The first-order valence-electron chi connectivity index (χ1n) is 14.0. The van der Waals surface area contributed by atoms with Gasteiger partial charge < -0.3 is 48.2 Å². The fourth-order valence-electron chi connectivity index (χ4n) is 4.61. The molecule has 5 aromatic rings. The average molecular weight is 597 g/mol. The number of nitrogen functional groups attached to an aromatic ring is 4. The number of carbonyl (C=O) groups excluding carboxylic acids is 2. The first kappa shape index (κ1) is 33.0. The predicted octanol–water partition coefficient (Wildman–Crippen LogP) is 5.38. The molecular weight excluding hydrogens is 556 g/mol. The van der Waals surface area contributed by atoms with Gasteiger partial charge in [-0.25, -0.2) is 0 Å². The second kappa shape index (κ2) is 15.7. The summed E-state index contributed by atoms with van der Waals surface area (Å²) in [6.07, 6.45) is 0.988. The highest BCUT2D eigenvalue weighted by atomic mass is 16.5. The number of rotatable bonds is 5. The highest BCUT2D eigenvalue weighted by Crippen LogP contribution is 2.40. The van der Waals surface area contributed by atoms with Gasteiger partial charge in [0.05, 0.1) is 6.42 Å². The van der Waals surface area contributed by atoms with Gasteiger partial charge in [-0.3, -0.25) is 4.79 Å². The molecule has 44 heavy (non-hydrogen) atoms. The monoisotopic (exact) mass is 596 g/mol. The Hall–Kier alpha value is -5.48. The Morgan fingerprint density at radius 1 is 0.727 bits per heavy atom. The van der Waals surface area contributed by atoms with Gasteiger partial charge in [-0.05, 0) is 49.4 Å². The zero-order chi connectivity index (χ0) is 32.1. The van der Waals surface area contributed by atoms with Gasteiger partial charge in [0.1, 0.15) is 18.6 Å². The molecule has 5 aromatic carbocycles. The molecule has 0 spiro atoms. The van der Waals surface area contributed by atoms with Gasteiger partial charge in [-0.2, -0.15) is 0 Å². The molecule has 6 rings (SSSR count). The van der Waals surface area contributed by atoms with Crippen LogP contribution in [0, 0.1) is 0 Å². The molecule has 0 amide bonds. The second-order valence-corrected chi connectivity index (χ2v) is 10.1. The van der Waals surface area contributed by atoms with Gasteiger partial charge in [0.2, 0.25) is 0 Å². The minimum Gasteiger partial charge on any atom is -0.461 e. The van der Waals surface area contributed by atoms with Crippen LogP contribution in [0.25, 0.3) is 21.5 Å². The first-order valence-corrected chi connectivity index (χ1v) is 14.0. The molecule has 10 heteroatoms. The van der Waals surface area contributed by atoms with Crippen molar-refractivity contribution in [2.45, 2.75) is 25.4 Å². The van der Waals surface area contributed by atoms with Crippen LogP contribution in [-0.4, -0.2) is 36.7 Å². The maximum absolute atomic E-state index is 11.6. The topological polar surface area (TPSA) is 192 Å². The minimum atomic E-state index is -0.631. The van der Waals surface area contributed by atoms with Crippen LogP contribution in [0.15, 0.2) is 97.1 Å². The molecule has 1 atom stereocenters. The smallest absolute Gasteiger partial charge is 0.306 e. The van der Waals surface area contributed by atoms with E-state index in [9.17, 15) is 9.59 Å². The molecule has 230 valence electrons. The highest BCUT2D eigenvalue weighted by Gasteiger charge is 2.31. The SMILES string of the molecule is CC1(COC(=O)CCC=O)Nc2cccc3c(N)ccc(c23)N1.CO.Nc1ccc(N)c2ccccc12.Nc1ccccc1. The van der Waals surface area contributed by atoms with Crippen molar-refractivity contribution in [3.63, 3.8) is 0 Å². The number of para-hydroxylation sites is 1. The maximum atomic E-state index is 11.6. The molecule has 0 aromatic heterocycles. The van der Waals surface area contributed by atoms with Crippen LogP contribution in [0.4, 0.5) is 34.1 Å². The van der Waals surface area contributed by atoms with Crippen molar-refractivity contribution >= 4 is 67.9 Å². The first-order chi connectivity index (χ1) is 21.2. The summed E-state index contributed by atoms with van der Waals surface area (Å²) < 4.78 is 5.27. The van der Waals surface area contributed by atoms with Crippen molar-refractivity contribution in [1.82, 2.24) is 0 Å². The Morgan fingerprint density at radius 2 is 1.23 bits per heavy atom. The van der Waals surface area contributed by atoms with Crippen LogP contribution in [0.1, 0.15) is 19.8 Å². The van der Waals surface area contributed by atoms with E-state index in [1.165, 1.54) is 0 Å². The molecule has 1 aliphatic heterocycles. The van der Waals surface area contributed by atoms with Gasteiger partial charge in [0.15, 0.2) is 0 Å². The van der Waals surface area contributed by atoms with Gasteiger partial charge >= 0.3 is 5.97 Å². The largest absolute Gasteiger partial charge is 0.461 e. The zero-order valence-electron chi connectivity index (χ0n) is 24.9. The molecule has 0 fully saturated rings. The molecule has 1 heterocycles. The molecule has 1 unspecified atom stereocenters. The van der Waals surface area contributed by atoms with Crippen molar-refractivity contribution in [3.8, 4) is 0 Å². The summed E-state index contributed by atoms with van der Waals surface area (Å²) in [5.74, 6) is -0.386. The number of fused-ring (bicyclic) bond motifs is 1. The number of esters is 1. The van der Waals surface area contributed by atoms with E-state index in [0.29, 0.717) is 6.29 Å². The van der Waals surface area contributed by atoms with E-state index in [1.54, 1.807) is 0 Å². The van der Waals surface area contributed by atoms with Crippen LogP contribution < -0.4 is 33.6 Å².